The lowest BCUT2D eigenvalue weighted by Gasteiger charge is -2.28. The van der Waals surface area contributed by atoms with Crippen molar-refractivity contribution in [1.29, 1.82) is 0 Å². The van der Waals surface area contributed by atoms with Crippen molar-refractivity contribution in [3.8, 4) is 0 Å². The third-order valence-corrected chi connectivity index (χ3v) is 1.60. The predicted octanol–water partition coefficient (Wildman–Crippen LogP) is 2.62. The van der Waals surface area contributed by atoms with E-state index in [1.807, 2.05) is 13.8 Å². The molecule has 0 bridgehead atoms. The van der Waals surface area contributed by atoms with Gasteiger partial charge in [-0.05, 0) is 27.9 Å². The zero-order valence-corrected chi connectivity index (χ0v) is 8.28. The summed E-state index contributed by atoms with van der Waals surface area (Å²) in [6.07, 6.45) is -1.45. The highest BCUT2D eigenvalue weighted by atomic mass is 19.2. The average molecular weight is 167 g/mol. The van der Waals surface area contributed by atoms with Gasteiger partial charge in [0.15, 0.2) is 5.79 Å². The molecule has 0 saturated heterocycles. The highest BCUT2D eigenvalue weighted by Gasteiger charge is 2.33. The molecule has 11 heavy (non-hydrogen) atoms. The Labute approximate surface area is 68.4 Å². The van der Waals surface area contributed by atoms with Crippen molar-refractivity contribution in [2.75, 3.05) is 14.1 Å². The number of hydrogen-bond acceptors (Lipinski definition) is 1. The van der Waals surface area contributed by atoms with Gasteiger partial charge in [-0.25, -0.2) is 8.78 Å². The molecule has 0 rings (SSSR count). The molecular formula is C8H19F2N. The fraction of sp³-hybridized carbons (Fsp3) is 1.00. The lowest BCUT2D eigenvalue weighted by Crippen LogP contribution is -2.43. The number of hydrogen-bond donors (Lipinski definition) is 0. The summed E-state index contributed by atoms with van der Waals surface area (Å²) in [5.74, 6) is -1.83. The second-order valence-corrected chi connectivity index (χ2v) is 2.53. The Morgan fingerprint density at radius 3 is 1.55 bits per heavy atom. The highest BCUT2D eigenvalue weighted by molar-refractivity contribution is 4.75. The van der Waals surface area contributed by atoms with E-state index in [9.17, 15) is 8.78 Å². The smallest absolute Gasteiger partial charge is 0.191 e. The van der Waals surface area contributed by atoms with E-state index >= 15 is 0 Å². The Bertz CT molecular complexity index is 80.1. The summed E-state index contributed by atoms with van der Waals surface area (Å²) in [5.41, 5.74) is 0. The zero-order valence-electron chi connectivity index (χ0n) is 8.28. The third kappa shape index (κ3) is 4.30. The van der Waals surface area contributed by atoms with E-state index in [1.165, 1.54) is 32.8 Å². The maximum atomic E-state index is 12.9. The lowest BCUT2D eigenvalue weighted by molar-refractivity contribution is -0.0435. The van der Waals surface area contributed by atoms with Gasteiger partial charge in [-0.1, -0.05) is 13.8 Å². The van der Waals surface area contributed by atoms with Crippen molar-refractivity contribution in [2.24, 2.45) is 0 Å². The van der Waals surface area contributed by atoms with Crippen LogP contribution in [-0.4, -0.2) is 31.0 Å². The molecule has 2 unspecified atom stereocenters. The van der Waals surface area contributed by atoms with Crippen molar-refractivity contribution in [2.45, 2.75) is 39.7 Å². The molecule has 0 fully saturated rings. The Kier molecular flexibility index (Phi) is 6.67. The topological polar surface area (TPSA) is 3.24 Å². The van der Waals surface area contributed by atoms with E-state index in [-0.39, 0.29) is 0 Å². The largest absolute Gasteiger partial charge is 0.275 e. The first-order chi connectivity index (χ1) is 4.89. The minimum Gasteiger partial charge on any atom is -0.275 e. The van der Waals surface area contributed by atoms with Crippen molar-refractivity contribution in [3.05, 3.63) is 0 Å². The first kappa shape index (κ1) is 13.4. The summed E-state index contributed by atoms with van der Waals surface area (Å²) in [4.78, 5) is 1.22. The van der Waals surface area contributed by atoms with Crippen LogP contribution >= 0.6 is 0 Å². The molecule has 0 aliphatic heterocycles. The van der Waals surface area contributed by atoms with E-state index in [0.29, 0.717) is 0 Å². The summed E-state index contributed by atoms with van der Waals surface area (Å²) in [5, 5.41) is 0. The quantitative estimate of drug-likeness (QED) is 0.571. The van der Waals surface area contributed by atoms with Crippen LogP contribution in [0.2, 0.25) is 0 Å². The Morgan fingerprint density at radius 1 is 1.27 bits per heavy atom. The normalized spacial score (nSPS) is 18.3. The van der Waals surface area contributed by atoms with E-state index in [1.54, 1.807) is 0 Å². The van der Waals surface area contributed by atoms with Crippen molar-refractivity contribution >= 4 is 0 Å². The monoisotopic (exact) mass is 167 g/mol. The van der Waals surface area contributed by atoms with E-state index < -0.39 is 12.0 Å². The van der Waals surface area contributed by atoms with Crippen LogP contribution in [-0.2, 0) is 0 Å². The number of rotatable bonds is 2. The Balaban J connectivity index is 0. The van der Waals surface area contributed by atoms with Crippen LogP contribution in [0.25, 0.3) is 0 Å². The summed E-state index contributed by atoms with van der Waals surface area (Å²) >= 11 is 0. The minimum atomic E-state index is -1.83. The lowest BCUT2D eigenvalue weighted by atomic mass is 10.2. The van der Waals surface area contributed by atoms with Gasteiger partial charge in [0.05, 0.1) is 0 Å². The molecule has 0 heterocycles. The fourth-order valence-corrected chi connectivity index (χ4v) is 0.356. The van der Waals surface area contributed by atoms with Gasteiger partial charge in [0, 0.05) is 0 Å². The van der Waals surface area contributed by atoms with Crippen LogP contribution in [0.1, 0.15) is 27.7 Å². The molecule has 0 aromatic carbocycles. The molecule has 0 N–H and O–H groups in total. The van der Waals surface area contributed by atoms with Crippen LogP contribution in [0.15, 0.2) is 0 Å². The highest BCUT2D eigenvalue weighted by Crippen LogP contribution is 2.19. The molecule has 2 atom stereocenters. The molecule has 3 heteroatoms. The molecule has 0 aliphatic carbocycles. The van der Waals surface area contributed by atoms with E-state index in [4.69, 9.17) is 0 Å². The maximum Gasteiger partial charge on any atom is 0.191 e. The number of alkyl halides is 2. The standard InChI is InChI=1S/C6H13F2N.C2H6/c1-5(7)6(2,8)9(3)4;1-2/h5H,1-4H3;1-2H3. The second-order valence-electron chi connectivity index (χ2n) is 2.53. The van der Waals surface area contributed by atoms with Crippen LogP contribution in [0, 0.1) is 0 Å². The molecule has 0 spiro atoms. The predicted molar refractivity (Wildman–Crippen MR) is 45.1 cm³/mol. The minimum absolute atomic E-state index is 1.21. The van der Waals surface area contributed by atoms with Gasteiger partial charge in [-0.15, -0.1) is 0 Å². The number of halogens is 2. The summed E-state index contributed by atoms with van der Waals surface area (Å²) in [7, 11) is 3.02. The van der Waals surface area contributed by atoms with Gasteiger partial charge in [-0.2, -0.15) is 0 Å². The summed E-state index contributed by atoms with van der Waals surface area (Å²) < 4.78 is 25.2. The average Bonchev–Trinajstić information content (AvgIpc) is 1.91. The van der Waals surface area contributed by atoms with E-state index in [2.05, 4.69) is 0 Å². The molecule has 0 radical (unpaired) electrons. The van der Waals surface area contributed by atoms with E-state index in [0.717, 1.165) is 0 Å². The second kappa shape index (κ2) is 5.47. The first-order valence-electron chi connectivity index (χ1n) is 3.89. The van der Waals surface area contributed by atoms with Crippen LogP contribution in [0.5, 0.6) is 0 Å². The van der Waals surface area contributed by atoms with Crippen LogP contribution in [0.3, 0.4) is 0 Å². The zero-order chi connectivity index (χ0) is 9.65. The molecule has 0 aromatic heterocycles. The van der Waals surface area contributed by atoms with Gasteiger partial charge in [0.2, 0.25) is 0 Å². The van der Waals surface area contributed by atoms with Gasteiger partial charge >= 0.3 is 0 Å². The van der Waals surface area contributed by atoms with Gasteiger partial charge in [0.1, 0.15) is 6.17 Å². The molecule has 0 saturated carbocycles. The molecule has 1 nitrogen and oxygen atoms in total. The molecule has 0 aromatic rings. The Hall–Kier alpha value is -0.180. The molecule has 70 valence electrons. The molecule has 0 amide bonds. The number of nitrogens with zero attached hydrogens (tertiary/aromatic N) is 1. The fourth-order valence-electron chi connectivity index (χ4n) is 0.356. The molecule has 0 aliphatic rings. The molecular weight excluding hydrogens is 148 g/mol. The van der Waals surface area contributed by atoms with Gasteiger partial charge in [-0.3, -0.25) is 4.90 Å². The summed E-state index contributed by atoms with van der Waals surface area (Å²) in [6.45, 7) is 6.43. The SMILES string of the molecule is CC.CC(F)C(C)(F)N(C)C. The maximum absolute atomic E-state index is 12.9. The summed E-state index contributed by atoms with van der Waals surface area (Å²) in [6, 6.07) is 0. The van der Waals surface area contributed by atoms with Crippen molar-refractivity contribution < 1.29 is 8.78 Å². The van der Waals surface area contributed by atoms with Gasteiger partial charge in [0.25, 0.3) is 0 Å². The third-order valence-electron chi connectivity index (χ3n) is 1.60. The van der Waals surface area contributed by atoms with Crippen molar-refractivity contribution in [3.63, 3.8) is 0 Å². The van der Waals surface area contributed by atoms with Gasteiger partial charge < -0.3 is 0 Å². The van der Waals surface area contributed by atoms with Crippen LogP contribution < -0.4 is 0 Å². The van der Waals surface area contributed by atoms with Crippen LogP contribution in [0.4, 0.5) is 8.78 Å². The Morgan fingerprint density at radius 2 is 1.55 bits per heavy atom. The van der Waals surface area contributed by atoms with Crippen molar-refractivity contribution in [1.82, 2.24) is 4.90 Å². The first-order valence-corrected chi connectivity index (χ1v) is 3.89.